The van der Waals surface area contributed by atoms with Gasteiger partial charge in [0.2, 0.25) is 5.91 Å². The number of aryl methyl sites for hydroxylation is 1. The fraction of sp³-hybridized carbons (Fsp3) is 0.738. The van der Waals surface area contributed by atoms with Crippen molar-refractivity contribution in [3.8, 4) is 0 Å². The Labute approximate surface area is 328 Å². The van der Waals surface area contributed by atoms with Crippen LogP contribution in [0.5, 0.6) is 0 Å². The van der Waals surface area contributed by atoms with Gasteiger partial charge in [-0.3, -0.25) is 9.69 Å². The first kappa shape index (κ1) is 43.1. The molecule has 1 saturated carbocycles. The number of anilines is 2. The third kappa shape index (κ3) is 14.4. The molecule has 2 aromatic heterocycles. The van der Waals surface area contributed by atoms with E-state index in [1.165, 1.54) is 57.1 Å². The van der Waals surface area contributed by atoms with E-state index < -0.39 is 0 Å². The Morgan fingerprint density at radius 3 is 2.15 bits per heavy atom. The molecule has 5 rings (SSSR count). The number of nitrogens with one attached hydrogen (secondary N) is 2. The largest absolute Gasteiger partial charge is 0.382 e. The molecule has 1 aromatic carbocycles. The summed E-state index contributed by atoms with van der Waals surface area (Å²) in [6.07, 6.45) is 15.0. The normalized spacial score (nSPS) is 19.2. The number of H-pyrrole nitrogens is 1. The molecule has 13 heteroatoms. The van der Waals surface area contributed by atoms with Gasteiger partial charge in [-0.1, -0.05) is 58.3 Å². The molecule has 0 radical (unpaired) electrons. The minimum atomic E-state index is 0.0545. The number of benzene rings is 1. The fourth-order valence-corrected chi connectivity index (χ4v) is 7.90. The zero-order chi connectivity index (χ0) is 38.5. The van der Waals surface area contributed by atoms with E-state index >= 15 is 0 Å². The van der Waals surface area contributed by atoms with Gasteiger partial charge in [-0.2, -0.15) is 0 Å². The number of pyridine rings is 1. The SMILES string of the molecule is CCCCc1nc2c(N)nc3ccc(N4CCN(CCOCCOCCOCCOCCC(=O)NCC5CCCCCCCCCC5CN)CC4)cc3c2[nH]1. The van der Waals surface area contributed by atoms with Crippen molar-refractivity contribution in [2.24, 2.45) is 17.6 Å². The average Bonchev–Trinajstić information content (AvgIpc) is 3.63. The molecule has 1 saturated heterocycles. The van der Waals surface area contributed by atoms with Crippen LogP contribution in [-0.4, -0.2) is 124 Å². The minimum Gasteiger partial charge on any atom is -0.382 e. The molecule has 2 aliphatic rings. The number of ether oxygens (including phenoxy) is 4. The summed E-state index contributed by atoms with van der Waals surface area (Å²) in [5.74, 6) is 2.49. The minimum absolute atomic E-state index is 0.0545. The lowest BCUT2D eigenvalue weighted by Gasteiger charge is -2.36. The monoisotopic (exact) mass is 767 g/mol. The standard InChI is InChI=1S/C42H70N8O5/c1-2-3-13-38-47-40-36-30-35(14-15-37(36)46-42(44)41(40)48-38)50-19-17-49(18-20-50)21-23-53-25-27-55-29-28-54-26-24-52-22-16-39(51)45-32-34-12-10-8-6-4-5-7-9-11-33(34)31-43/h14-15,30,33-34H,2-13,16-29,31-32,43H2,1H3,(H2,44,46)(H,45,51)(H,47,48). The molecule has 1 amide bonds. The third-order valence-electron chi connectivity index (χ3n) is 11.3. The summed E-state index contributed by atoms with van der Waals surface area (Å²) in [5.41, 5.74) is 16.3. The number of imidazole rings is 1. The molecule has 2 atom stereocenters. The second kappa shape index (κ2) is 24.5. The molecular weight excluding hydrogens is 697 g/mol. The fourth-order valence-electron chi connectivity index (χ4n) is 7.90. The number of piperazine rings is 1. The molecule has 2 unspecified atom stereocenters. The summed E-state index contributed by atoms with van der Waals surface area (Å²) in [6, 6.07) is 6.45. The highest BCUT2D eigenvalue weighted by Gasteiger charge is 2.22. The first-order valence-electron chi connectivity index (χ1n) is 21.4. The van der Waals surface area contributed by atoms with Gasteiger partial charge in [0.25, 0.3) is 0 Å². The van der Waals surface area contributed by atoms with Crippen molar-refractivity contribution in [3.05, 3.63) is 24.0 Å². The smallest absolute Gasteiger partial charge is 0.222 e. The van der Waals surface area contributed by atoms with Crippen LogP contribution in [0.15, 0.2) is 18.2 Å². The highest BCUT2D eigenvalue weighted by atomic mass is 16.6. The lowest BCUT2D eigenvalue weighted by atomic mass is 9.84. The lowest BCUT2D eigenvalue weighted by Crippen LogP contribution is -2.47. The maximum absolute atomic E-state index is 12.5. The number of hydrogen-bond acceptors (Lipinski definition) is 11. The first-order valence-corrected chi connectivity index (χ1v) is 21.4. The lowest BCUT2D eigenvalue weighted by molar-refractivity contribution is -0.122. The van der Waals surface area contributed by atoms with Gasteiger partial charge in [0, 0.05) is 63.2 Å². The summed E-state index contributed by atoms with van der Waals surface area (Å²) in [7, 11) is 0. The van der Waals surface area contributed by atoms with Crippen molar-refractivity contribution in [1.29, 1.82) is 0 Å². The maximum atomic E-state index is 12.5. The number of rotatable bonds is 22. The Kier molecular flexibility index (Phi) is 19.2. The average molecular weight is 767 g/mol. The van der Waals surface area contributed by atoms with Crippen LogP contribution in [0.3, 0.4) is 0 Å². The topological polar surface area (TPSA) is 166 Å². The maximum Gasteiger partial charge on any atom is 0.222 e. The van der Waals surface area contributed by atoms with E-state index in [-0.39, 0.29) is 5.91 Å². The third-order valence-corrected chi connectivity index (χ3v) is 11.3. The zero-order valence-electron chi connectivity index (χ0n) is 33.7. The zero-order valence-corrected chi connectivity index (χ0v) is 33.7. The number of hydrogen-bond donors (Lipinski definition) is 4. The van der Waals surface area contributed by atoms with E-state index in [1.54, 1.807) is 0 Å². The number of aromatic nitrogens is 3. The number of nitrogen functional groups attached to an aromatic ring is 1. The highest BCUT2D eigenvalue weighted by molar-refractivity contribution is 6.07. The van der Waals surface area contributed by atoms with E-state index in [4.69, 9.17) is 35.4 Å². The molecule has 308 valence electrons. The Balaban J connectivity index is 0.844. The van der Waals surface area contributed by atoms with Crippen LogP contribution in [0.1, 0.15) is 89.8 Å². The number of unbranched alkanes of at least 4 members (excludes halogenated alkanes) is 1. The van der Waals surface area contributed by atoms with Crippen molar-refractivity contribution in [3.63, 3.8) is 0 Å². The molecule has 55 heavy (non-hydrogen) atoms. The Morgan fingerprint density at radius 1 is 0.836 bits per heavy atom. The molecular formula is C42H70N8O5. The first-order chi connectivity index (χ1) is 27.1. The van der Waals surface area contributed by atoms with Crippen LogP contribution >= 0.6 is 0 Å². The van der Waals surface area contributed by atoms with Gasteiger partial charge in [-0.25, -0.2) is 9.97 Å². The molecule has 1 aliphatic heterocycles. The summed E-state index contributed by atoms with van der Waals surface area (Å²) in [5, 5.41) is 4.22. The van der Waals surface area contributed by atoms with Gasteiger partial charge in [-0.15, -0.1) is 0 Å². The molecule has 3 aromatic rings. The number of carbonyl (C=O) groups is 1. The van der Waals surface area contributed by atoms with Crippen LogP contribution < -0.4 is 21.7 Å². The van der Waals surface area contributed by atoms with Crippen LogP contribution in [0.25, 0.3) is 21.9 Å². The molecule has 0 bridgehead atoms. The molecule has 1 aliphatic carbocycles. The molecule has 2 fully saturated rings. The number of fused-ring (bicyclic) bond motifs is 3. The second-order valence-electron chi connectivity index (χ2n) is 15.3. The predicted octanol–water partition coefficient (Wildman–Crippen LogP) is 5.45. The van der Waals surface area contributed by atoms with Gasteiger partial charge >= 0.3 is 0 Å². The predicted molar refractivity (Wildman–Crippen MR) is 222 cm³/mol. The molecule has 0 spiro atoms. The van der Waals surface area contributed by atoms with Gasteiger partial charge in [-0.05, 0) is 55.8 Å². The van der Waals surface area contributed by atoms with E-state index in [0.29, 0.717) is 83.5 Å². The van der Waals surface area contributed by atoms with Crippen molar-refractivity contribution in [1.82, 2.24) is 25.2 Å². The van der Waals surface area contributed by atoms with Gasteiger partial charge in [0.15, 0.2) is 5.82 Å². The van der Waals surface area contributed by atoms with E-state index in [2.05, 4.69) is 50.2 Å². The van der Waals surface area contributed by atoms with E-state index in [0.717, 1.165) is 92.7 Å². The number of carbonyl (C=O) groups excluding carboxylic acids is 1. The second-order valence-corrected chi connectivity index (χ2v) is 15.3. The summed E-state index contributed by atoms with van der Waals surface area (Å²) in [6.45, 7) is 12.6. The van der Waals surface area contributed by atoms with Crippen LogP contribution in [0.2, 0.25) is 0 Å². The summed E-state index contributed by atoms with van der Waals surface area (Å²) >= 11 is 0. The van der Waals surface area contributed by atoms with Crippen LogP contribution in [-0.2, 0) is 30.2 Å². The van der Waals surface area contributed by atoms with Crippen molar-refractivity contribution >= 4 is 39.3 Å². The van der Waals surface area contributed by atoms with Crippen molar-refractivity contribution < 1.29 is 23.7 Å². The van der Waals surface area contributed by atoms with E-state index in [9.17, 15) is 4.79 Å². The van der Waals surface area contributed by atoms with Gasteiger partial charge in [0.1, 0.15) is 11.3 Å². The highest BCUT2D eigenvalue weighted by Crippen LogP contribution is 2.30. The van der Waals surface area contributed by atoms with E-state index in [1.807, 2.05) is 0 Å². The van der Waals surface area contributed by atoms with Gasteiger partial charge in [0.05, 0.1) is 63.9 Å². The summed E-state index contributed by atoms with van der Waals surface area (Å²) < 4.78 is 22.8. The Bertz CT molecular complexity index is 1530. The van der Waals surface area contributed by atoms with Crippen molar-refractivity contribution in [2.75, 3.05) is 109 Å². The molecule has 13 nitrogen and oxygen atoms in total. The van der Waals surface area contributed by atoms with Gasteiger partial charge < -0.3 is 45.6 Å². The summed E-state index contributed by atoms with van der Waals surface area (Å²) in [4.78, 5) is 30.3. The van der Waals surface area contributed by atoms with Crippen LogP contribution in [0.4, 0.5) is 11.5 Å². The Hall–Kier alpha value is -3.07. The molecule has 3 heterocycles. The quantitative estimate of drug-likeness (QED) is 0.0962. The van der Waals surface area contributed by atoms with Crippen LogP contribution in [0, 0.1) is 11.8 Å². The molecule has 6 N–H and O–H groups in total. The number of nitrogens with two attached hydrogens (primary N) is 2. The number of nitrogens with zero attached hydrogens (tertiary/aromatic N) is 4. The Morgan fingerprint density at radius 2 is 1.47 bits per heavy atom. The van der Waals surface area contributed by atoms with Crippen molar-refractivity contribution in [2.45, 2.75) is 90.4 Å². The number of aromatic amines is 1. The number of amides is 1.